The van der Waals surface area contributed by atoms with Crippen molar-refractivity contribution in [1.29, 1.82) is 0 Å². The fourth-order valence-electron chi connectivity index (χ4n) is 2.97. The van der Waals surface area contributed by atoms with E-state index in [4.69, 9.17) is 14.2 Å². The van der Waals surface area contributed by atoms with E-state index in [0.29, 0.717) is 57.3 Å². The zero-order valence-corrected chi connectivity index (χ0v) is 14.0. The van der Waals surface area contributed by atoms with Crippen LogP contribution in [0.3, 0.4) is 0 Å². The molecule has 1 N–H and O–H groups in total. The number of amides is 1. The molecule has 0 aliphatic carbocycles. The van der Waals surface area contributed by atoms with Crippen LogP contribution in [0.5, 0.6) is 0 Å². The lowest BCUT2D eigenvalue weighted by molar-refractivity contribution is -0.181. The summed E-state index contributed by atoms with van der Waals surface area (Å²) in [6.45, 7) is 3.94. The largest absolute Gasteiger partial charge is 0.385 e. The van der Waals surface area contributed by atoms with E-state index in [1.54, 1.807) is 24.4 Å². The van der Waals surface area contributed by atoms with Crippen LogP contribution in [0.1, 0.15) is 29.6 Å². The number of methoxy groups -OCH3 is 1. The number of aromatic nitrogens is 2. The number of likely N-dealkylation sites (tertiary alicyclic amines) is 1. The standard InChI is InChI=1S/C16H24N4O4/c1-22-8-2-5-17-15-18-11-13(12-19-15)14(21)20-6-3-16(4-7-20)23-9-10-24-16/h11-12H,2-10H2,1H3,(H,17,18,19). The molecule has 2 saturated heterocycles. The van der Waals surface area contributed by atoms with Gasteiger partial charge in [-0.2, -0.15) is 0 Å². The van der Waals surface area contributed by atoms with Gasteiger partial charge in [0.2, 0.25) is 5.95 Å². The Bertz CT molecular complexity index is 536. The molecule has 0 aromatic carbocycles. The lowest BCUT2D eigenvalue weighted by Crippen LogP contribution is -2.47. The first-order valence-electron chi connectivity index (χ1n) is 8.34. The fourth-order valence-corrected chi connectivity index (χ4v) is 2.97. The minimum absolute atomic E-state index is 0.0474. The highest BCUT2D eigenvalue weighted by Gasteiger charge is 2.40. The highest BCUT2D eigenvalue weighted by Crippen LogP contribution is 2.31. The maximum Gasteiger partial charge on any atom is 0.256 e. The Kier molecular flexibility index (Phi) is 5.60. The molecule has 0 unspecified atom stereocenters. The topological polar surface area (TPSA) is 85.8 Å². The van der Waals surface area contributed by atoms with Gasteiger partial charge in [-0.3, -0.25) is 4.79 Å². The Morgan fingerprint density at radius 3 is 2.58 bits per heavy atom. The van der Waals surface area contributed by atoms with Gasteiger partial charge < -0.3 is 24.4 Å². The highest BCUT2D eigenvalue weighted by molar-refractivity contribution is 5.93. The van der Waals surface area contributed by atoms with Crippen molar-refractivity contribution in [2.45, 2.75) is 25.0 Å². The van der Waals surface area contributed by atoms with E-state index in [1.165, 1.54) is 0 Å². The highest BCUT2D eigenvalue weighted by atomic mass is 16.7. The predicted octanol–water partition coefficient (Wildman–Crippen LogP) is 0.904. The van der Waals surface area contributed by atoms with Crippen molar-refractivity contribution in [2.24, 2.45) is 0 Å². The number of rotatable bonds is 6. The molecular weight excluding hydrogens is 312 g/mol. The van der Waals surface area contributed by atoms with E-state index in [1.807, 2.05) is 0 Å². The second-order valence-electron chi connectivity index (χ2n) is 5.97. The molecule has 8 nitrogen and oxygen atoms in total. The molecule has 3 heterocycles. The number of hydrogen-bond donors (Lipinski definition) is 1. The summed E-state index contributed by atoms with van der Waals surface area (Å²) in [6, 6.07) is 0. The molecule has 1 aromatic rings. The van der Waals surface area contributed by atoms with Gasteiger partial charge in [-0.05, 0) is 6.42 Å². The van der Waals surface area contributed by atoms with E-state index >= 15 is 0 Å². The molecule has 2 fully saturated rings. The van der Waals surface area contributed by atoms with Crippen LogP contribution < -0.4 is 5.32 Å². The number of ether oxygens (including phenoxy) is 3. The van der Waals surface area contributed by atoms with E-state index in [-0.39, 0.29) is 5.91 Å². The van der Waals surface area contributed by atoms with Gasteiger partial charge in [0.25, 0.3) is 5.91 Å². The number of anilines is 1. The average Bonchev–Trinajstić information content (AvgIpc) is 3.07. The molecule has 1 amide bonds. The van der Waals surface area contributed by atoms with E-state index < -0.39 is 5.79 Å². The van der Waals surface area contributed by atoms with Crippen molar-refractivity contribution in [3.8, 4) is 0 Å². The van der Waals surface area contributed by atoms with Gasteiger partial charge in [-0.15, -0.1) is 0 Å². The van der Waals surface area contributed by atoms with Crippen molar-refractivity contribution >= 4 is 11.9 Å². The molecule has 8 heteroatoms. The Morgan fingerprint density at radius 2 is 1.96 bits per heavy atom. The van der Waals surface area contributed by atoms with Gasteiger partial charge in [0.05, 0.1) is 18.8 Å². The summed E-state index contributed by atoms with van der Waals surface area (Å²) in [5, 5.41) is 3.10. The summed E-state index contributed by atoms with van der Waals surface area (Å²) < 4.78 is 16.4. The van der Waals surface area contributed by atoms with Crippen LogP contribution in [0.2, 0.25) is 0 Å². The minimum atomic E-state index is -0.469. The van der Waals surface area contributed by atoms with Crippen molar-refractivity contribution in [1.82, 2.24) is 14.9 Å². The van der Waals surface area contributed by atoms with Crippen LogP contribution in [0, 0.1) is 0 Å². The van der Waals surface area contributed by atoms with Crippen LogP contribution in [0.25, 0.3) is 0 Å². The van der Waals surface area contributed by atoms with Gasteiger partial charge in [0.15, 0.2) is 5.79 Å². The maximum absolute atomic E-state index is 12.5. The molecule has 2 aliphatic rings. The number of carbonyl (C=O) groups is 1. The summed E-state index contributed by atoms with van der Waals surface area (Å²) in [6.07, 6.45) is 5.43. The SMILES string of the molecule is COCCCNc1ncc(C(=O)N2CCC3(CC2)OCCO3)cn1. The maximum atomic E-state index is 12.5. The van der Waals surface area contributed by atoms with Crippen molar-refractivity contribution in [3.63, 3.8) is 0 Å². The molecule has 0 saturated carbocycles. The first-order valence-corrected chi connectivity index (χ1v) is 8.34. The lowest BCUT2D eigenvalue weighted by Gasteiger charge is -2.37. The number of piperidine rings is 1. The number of nitrogens with one attached hydrogen (secondary N) is 1. The molecule has 0 atom stereocenters. The van der Waals surface area contributed by atoms with Crippen molar-refractivity contribution in [2.75, 3.05) is 51.9 Å². The van der Waals surface area contributed by atoms with E-state index in [0.717, 1.165) is 13.0 Å². The molecule has 1 spiro atoms. The molecule has 3 rings (SSSR count). The Morgan fingerprint density at radius 1 is 1.29 bits per heavy atom. The normalized spacial score (nSPS) is 19.6. The Balaban J connectivity index is 1.50. The van der Waals surface area contributed by atoms with Crippen molar-refractivity contribution in [3.05, 3.63) is 18.0 Å². The fraction of sp³-hybridized carbons (Fsp3) is 0.688. The minimum Gasteiger partial charge on any atom is -0.385 e. The third-order valence-electron chi connectivity index (χ3n) is 4.33. The molecule has 0 radical (unpaired) electrons. The summed E-state index contributed by atoms with van der Waals surface area (Å²) in [5.41, 5.74) is 0.502. The summed E-state index contributed by atoms with van der Waals surface area (Å²) in [7, 11) is 1.67. The first kappa shape index (κ1) is 17.1. The van der Waals surface area contributed by atoms with Gasteiger partial charge in [-0.25, -0.2) is 9.97 Å². The average molecular weight is 336 g/mol. The molecule has 24 heavy (non-hydrogen) atoms. The second-order valence-corrected chi connectivity index (χ2v) is 5.97. The summed E-state index contributed by atoms with van der Waals surface area (Å²) in [5.74, 6) is 0.00489. The molecule has 2 aliphatic heterocycles. The predicted molar refractivity (Wildman–Crippen MR) is 86.8 cm³/mol. The molecule has 0 bridgehead atoms. The number of hydrogen-bond acceptors (Lipinski definition) is 7. The molecule has 1 aromatic heterocycles. The molecule has 132 valence electrons. The van der Waals surface area contributed by atoms with Crippen LogP contribution in [0.15, 0.2) is 12.4 Å². The van der Waals surface area contributed by atoms with E-state index in [2.05, 4.69) is 15.3 Å². The quantitative estimate of drug-likeness (QED) is 0.773. The van der Waals surface area contributed by atoms with Crippen LogP contribution in [-0.2, 0) is 14.2 Å². The van der Waals surface area contributed by atoms with Gasteiger partial charge in [0.1, 0.15) is 0 Å². The number of nitrogens with zero attached hydrogens (tertiary/aromatic N) is 3. The zero-order valence-electron chi connectivity index (χ0n) is 14.0. The lowest BCUT2D eigenvalue weighted by atomic mass is 10.0. The van der Waals surface area contributed by atoms with Gasteiger partial charge >= 0.3 is 0 Å². The molecular formula is C16H24N4O4. The van der Waals surface area contributed by atoms with Crippen LogP contribution >= 0.6 is 0 Å². The van der Waals surface area contributed by atoms with Crippen LogP contribution in [0.4, 0.5) is 5.95 Å². The van der Waals surface area contributed by atoms with Gasteiger partial charge in [-0.1, -0.05) is 0 Å². The Hall–Kier alpha value is -1.77. The number of carbonyl (C=O) groups excluding carboxylic acids is 1. The Labute approximate surface area is 141 Å². The zero-order chi connectivity index (χ0) is 16.8. The third-order valence-corrected chi connectivity index (χ3v) is 4.33. The smallest absolute Gasteiger partial charge is 0.256 e. The van der Waals surface area contributed by atoms with Crippen molar-refractivity contribution < 1.29 is 19.0 Å². The third kappa shape index (κ3) is 4.00. The van der Waals surface area contributed by atoms with E-state index in [9.17, 15) is 4.79 Å². The monoisotopic (exact) mass is 336 g/mol. The van der Waals surface area contributed by atoms with Crippen LogP contribution in [-0.4, -0.2) is 73.1 Å². The first-order chi connectivity index (χ1) is 11.7. The van der Waals surface area contributed by atoms with Gasteiger partial charge in [0, 0.05) is 58.6 Å². The second kappa shape index (κ2) is 7.87. The summed E-state index contributed by atoms with van der Waals surface area (Å²) in [4.78, 5) is 22.8. The summed E-state index contributed by atoms with van der Waals surface area (Å²) >= 11 is 0.